The van der Waals surface area contributed by atoms with Gasteiger partial charge in [0.05, 0.1) is 11.5 Å². The standard InChI is InChI=1S/C9H11N5O2S/c1-6-8(14(15)16)9(13(2)12-6)11-5-7-10-3-4-17-7/h3-4,11H,5H2,1-2H3. The van der Waals surface area contributed by atoms with Crippen LogP contribution in [0.2, 0.25) is 0 Å². The molecule has 0 aromatic carbocycles. The van der Waals surface area contributed by atoms with Gasteiger partial charge in [-0.3, -0.25) is 10.1 Å². The van der Waals surface area contributed by atoms with Crippen molar-refractivity contribution < 1.29 is 4.92 Å². The van der Waals surface area contributed by atoms with Gasteiger partial charge < -0.3 is 5.32 Å². The minimum atomic E-state index is -0.424. The van der Waals surface area contributed by atoms with Crippen molar-refractivity contribution >= 4 is 22.8 Å². The molecule has 0 atom stereocenters. The summed E-state index contributed by atoms with van der Waals surface area (Å²) in [5.41, 5.74) is 0.420. The van der Waals surface area contributed by atoms with E-state index in [9.17, 15) is 10.1 Å². The quantitative estimate of drug-likeness (QED) is 0.662. The second-order valence-electron chi connectivity index (χ2n) is 3.44. The van der Waals surface area contributed by atoms with Crippen LogP contribution in [0.1, 0.15) is 10.7 Å². The molecule has 2 rings (SSSR count). The van der Waals surface area contributed by atoms with Crippen LogP contribution in [0.3, 0.4) is 0 Å². The first-order valence-electron chi connectivity index (χ1n) is 4.90. The van der Waals surface area contributed by atoms with E-state index in [1.807, 2.05) is 5.38 Å². The summed E-state index contributed by atoms with van der Waals surface area (Å²) in [7, 11) is 1.67. The molecule has 8 heteroatoms. The van der Waals surface area contributed by atoms with E-state index in [1.54, 1.807) is 20.2 Å². The molecule has 2 heterocycles. The molecular weight excluding hydrogens is 242 g/mol. The predicted molar refractivity (Wildman–Crippen MR) is 64.0 cm³/mol. The Morgan fingerprint density at radius 1 is 1.65 bits per heavy atom. The molecule has 0 aliphatic carbocycles. The number of aromatic nitrogens is 3. The molecule has 0 saturated heterocycles. The Labute approximate surface area is 101 Å². The molecule has 1 N–H and O–H groups in total. The molecule has 0 radical (unpaired) electrons. The Morgan fingerprint density at radius 2 is 2.41 bits per heavy atom. The number of nitro groups is 1. The maximum absolute atomic E-state index is 10.9. The lowest BCUT2D eigenvalue weighted by molar-refractivity contribution is -0.384. The molecule has 0 saturated carbocycles. The van der Waals surface area contributed by atoms with Gasteiger partial charge in [-0.1, -0.05) is 0 Å². The number of aryl methyl sites for hydroxylation is 2. The zero-order valence-corrected chi connectivity index (χ0v) is 10.2. The highest BCUT2D eigenvalue weighted by molar-refractivity contribution is 7.09. The molecule has 0 unspecified atom stereocenters. The molecule has 0 aliphatic heterocycles. The fourth-order valence-corrected chi connectivity index (χ4v) is 2.12. The van der Waals surface area contributed by atoms with Gasteiger partial charge in [-0.15, -0.1) is 11.3 Å². The molecule has 0 fully saturated rings. The van der Waals surface area contributed by atoms with E-state index in [4.69, 9.17) is 0 Å². The molecular formula is C9H11N5O2S. The first kappa shape index (κ1) is 11.5. The highest BCUT2D eigenvalue weighted by Gasteiger charge is 2.23. The zero-order chi connectivity index (χ0) is 12.4. The number of nitrogens with one attached hydrogen (secondary N) is 1. The van der Waals surface area contributed by atoms with Crippen molar-refractivity contribution in [3.63, 3.8) is 0 Å². The number of anilines is 1. The molecule has 0 spiro atoms. The van der Waals surface area contributed by atoms with E-state index in [1.165, 1.54) is 16.0 Å². The SMILES string of the molecule is Cc1nn(C)c(NCc2nccs2)c1[N+](=O)[O-]. The van der Waals surface area contributed by atoms with Crippen LogP contribution in [-0.4, -0.2) is 19.7 Å². The normalized spacial score (nSPS) is 10.5. The first-order chi connectivity index (χ1) is 8.09. The Hall–Kier alpha value is -1.96. The third-order valence-corrected chi connectivity index (χ3v) is 3.04. The maximum atomic E-state index is 10.9. The lowest BCUT2D eigenvalue weighted by Crippen LogP contribution is -2.06. The second kappa shape index (κ2) is 4.50. The summed E-state index contributed by atoms with van der Waals surface area (Å²) in [6.07, 6.45) is 1.70. The van der Waals surface area contributed by atoms with Gasteiger partial charge >= 0.3 is 5.69 Å². The molecule has 0 amide bonds. The summed E-state index contributed by atoms with van der Waals surface area (Å²) >= 11 is 1.50. The molecule has 0 aliphatic rings. The minimum absolute atomic E-state index is 0.0176. The van der Waals surface area contributed by atoms with Gasteiger partial charge in [0.1, 0.15) is 10.7 Å². The Morgan fingerprint density at radius 3 is 3.00 bits per heavy atom. The fourth-order valence-electron chi connectivity index (χ4n) is 1.56. The van der Waals surface area contributed by atoms with Crippen LogP contribution < -0.4 is 5.32 Å². The van der Waals surface area contributed by atoms with Gasteiger partial charge in [-0.05, 0) is 6.92 Å². The first-order valence-corrected chi connectivity index (χ1v) is 5.77. The van der Waals surface area contributed by atoms with E-state index in [0.29, 0.717) is 18.1 Å². The topological polar surface area (TPSA) is 85.9 Å². The highest BCUT2D eigenvalue weighted by atomic mass is 32.1. The van der Waals surface area contributed by atoms with Crippen molar-refractivity contribution in [2.24, 2.45) is 7.05 Å². The summed E-state index contributed by atoms with van der Waals surface area (Å²) < 4.78 is 1.47. The van der Waals surface area contributed by atoms with E-state index in [2.05, 4.69) is 15.4 Å². The van der Waals surface area contributed by atoms with Gasteiger partial charge in [-0.2, -0.15) is 5.10 Å². The largest absolute Gasteiger partial charge is 0.358 e. The van der Waals surface area contributed by atoms with Crippen molar-refractivity contribution in [2.45, 2.75) is 13.5 Å². The average molecular weight is 253 g/mol. The van der Waals surface area contributed by atoms with Gasteiger partial charge in [0.15, 0.2) is 0 Å². The van der Waals surface area contributed by atoms with Gasteiger partial charge in [0.25, 0.3) is 0 Å². The Balaban J connectivity index is 2.23. The van der Waals surface area contributed by atoms with Gasteiger partial charge in [0, 0.05) is 18.6 Å². The van der Waals surface area contributed by atoms with E-state index in [-0.39, 0.29) is 5.69 Å². The summed E-state index contributed by atoms with van der Waals surface area (Å²) in [4.78, 5) is 14.6. The lowest BCUT2D eigenvalue weighted by Gasteiger charge is -2.03. The van der Waals surface area contributed by atoms with Crippen molar-refractivity contribution in [2.75, 3.05) is 5.32 Å². The maximum Gasteiger partial charge on any atom is 0.333 e. The zero-order valence-electron chi connectivity index (χ0n) is 9.38. The van der Waals surface area contributed by atoms with Crippen LogP contribution in [0.25, 0.3) is 0 Å². The van der Waals surface area contributed by atoms with Crippen LogP contribution in [0, 0.1) is 17.0 Å². The summed E-state index contributed by atoms with van der Waals surface area (Å²) in [6.45, 7) is 2.07. The number of hydrogen-bond acceptors (Lipinski definition) is 6. The van der Waals surface area contributed by atoms with E-state index in [0.717, 1.165) is 5.01 Å². The molecule has 0 bridgehead atoms. The number of rotatable bonds is 4. The summed E-state index contributed by atoms with van der Waals surface area (Å²) in [6, 6.07) is 0. The molecule has 2 aromatic rings. The van der Waals surface area contributed by atoms with Crippen LogP contribution in [-0.2, 0) is 13.6 Å². The smallest absolute Gasteiger partial charge is 0.333 e. The monoisotopic (exact) mass is 253 g/mol. The summed E-state index contributed by atoms with van der Waals surface area (Å²) in [5.74, 6) is 0.405. The van der Waals surface area contributed by atoms with Crippen LogP contribution >= 0.6 is 11.3 Å². The third-order valence-electron chi connectivity index (χ3n) is 2.26. The third kappa shape index (κ3) is 2.26. The molecule has 7 nitrogen and oxygen atoms in total. The average Bonchev–Trinajstić information content (AvgIpc) is 2.83. The molecule has 90 valence electrons. The van der Waals surface area contributed by atoms with Crippen molar-refractivity contribution in [1.82, 2.24) is 14.8 Å². The Bertz CT molecular complexity index is 534. The predicted octanol–water partition coefficient (Wildman–Crippen LogP) is 1.71. The van der Waals surface area contributed by atoms with Crippen molar-refractivity contribution in [3.8, 4) is 0 Å². The van der Waals surface area contributed by atoms with Crippen molar-refractivity contribution in [1.29, 1.82) is 0 Å². The van der Waals surface area contributed by atoms with Gasteiger partial charge in [0.2, 0.25) is 5.82 Å². The number of hydrogen-bond donors (Lipinski definition) is 1. The number of thiazole rings is 1. The lowest BCUT2D eigenvalue weighted by atomic mass is 10.4. The van der Waals surface area contributed by atoms with Crippen LogP contribution in [0.5, 0.6) is 0 Å². The van der Waals surface area contributed by atoms with Gasteiger partial charge in [-0.25, -0.2) is 9.67 Å². The highest BCUT2D eigenvalue weighted by Crippen LogP contribution is 2.27. The molecule has 2 aromatic heterocycles. The Kier molecular flexibility index (Phi) is 3.05. The van der Waals surface area contributed by atoms with Crippen LogP contribution in [0.4, 0.5) is 11.5 Å². The van der Waals surface area contributed by atoms with Crippen molar-refractivity contribution in [3.05, 3.63) is 32.4 Å². The second-order valence-corrected chi connectivity index (χ2v) is 4.42. The molecule has 17 heavy (non-hydrogen) atoms. The summed E-state index contributed by atoms with van der Waals surface area (Å²) in [5, 5.41) is 20.7. The van der Waals surface area contributed by atoms with E-state index < -0.39 is 4.92 Å². The van der Waals surface area contributed by atoms with Crippen LogP contribution in [0.15, 0.2) is 11.6 Å². The van der Waals surface area contributed by atoms with E-state index >= 15 is 0 Å². The fraction of sp³-hybridized carbons (Fsp3) is 0.333. The number of nitrogens with zero attached hydrogens (tertiary/aromatic N) is 4. The minimum Gasteiger partial charge on any atom is -0.358 e.